The lowest BCUT2D eigenvalue weighted by Gasteiger charge is -2.07. The molecule has 2 rings (SSSR count). The molecular weight excluding hydrogens is 334 g/mol. The van der Waals surface area contributed by atoms with Gasteiger partial charge in [-0.05, 0) is 30.7 Å². The van der Waals surface area contributed by atoms with E-state index in [1.807, 2.05) is 24.3 Å². The third-order valence-corrected chi connectivity index (χ3v) is 3.41. The highest BCUT2D eigenvalue weighted by molar-refractivity contribution is 9.10. The fraction of sp³-hybridized carbons (Fsp3) is 0.333. The van der Waals surface area contributed by atoms with E-state index in [2.05, 4.69) is 31.2 Å². The highest BCUT2D eigenvalue weighted by atomic mass is 79.9. The molecule has 0 saturated heterocycles. The van der Waals surface area contributed by atoms with Gasteiger partial charge in [-0.25, -0.2) is 4.98 Å². The zero-order valence-corrected chi connectivity index (χ0v) is 13.2. The summed E-state index contributed by atoms with van der Waals surface area (Å²) in [7, 11) is 0. The first-order valence-electron chi connectivity index (χ1n) is 6.87. The molecule has 1 heterocycles. The van der Waals surface area contributed by atoms with Crippen molar-refractivity contribution in [3.8, 4) is 5.75 Å². The molecule has 5 nitrogen and oxygen atoms in total. The number of halogens is 1. The van der Waals surface area contributed by atoms with Gasteiger partial charge < -0.3 is 15.0 Å². The van der Waals surface area contributed by atoms with Crippen molar-refractivity contribution in [1.82, 2.24) is 15.3 Å². The number of aromatic amines is 1. The first-order chi connectivity index (χ1) is 10.2. The van der Waals surface area contributed by atoms with Gasteiger partial charge in [-0.3, -0.25) is 4.79 Å². The van der Waals surface area contributed by atoms with Gasteiger partial charge in [0.05, 0.1) is 13.0 Å². The number of benzene rings is 1. The third-order valence-electron chi connectivity index (χ3n) is 2.88. The molecule has 0 aliphatic carbocycles. The van der Waals surface area contributed by atoms with Crippen LogP contribution in [0.15, 0.2) is 41.1 Å². The molecule has 0 aliphatic rings. The van der Waals surface area contributed by atoms with Crippen LogP contribution in [-0.2, 0) is 11.2 Å². The maximum atomic E-state index is 11.6. The zero-order valence-electron chi connectivity index (χ0n) is 11.6. The first-order valence-corrected chi connectivity index (χ1v) is 7.66. The molecule has 0 spiro atoms. The number of rotatable bonds is 8. The summed E-state index contributed by atoms with van der Waals surface area (Å²) in [4.78, 5) is 18.8. The van der Waals surface area contributed by atoms with Gasteiger partial charge in [0.1, 0.15) is 11.6 Å². The molecule has 0 fully saturated rings. The maximum Gasteiger partial charge on any atom is 0.223 e. The minimum Gasteiger partial charge on any atom is -0.493 e. The Morgan fingerprint density at radius 2 is 2.14 bits per heavy atom. The average Bonchev–Trinajstić information content (AvgIpc) is 2.99. The molecule has 0 unspecified atom stereocenters. The Morgan fingerprint density at radius 1 is 1.33 bits per heavy atom. The molecule has 0 saturated carbocycles. The predicted octanol–water partition coefficient (Wildman–Crippen LogP) is 2.69. The second kappa shape index (κ2) is 8.46. The molecule has 112 valence electrons. The molecule has 1 aromatic heterocycles. The predicted molar refractivity (Wildman–Crippen MR) is 84.2 cm³/mol. The number of hydrogen-bond donors (Lipinski definition) is 2. The largest absolute Gasteiger partial charge is 0.493 e. The van der Waals surface area contributed by atoms with Crippen LogP contribution in [0, 0.1) is 0 Å². The Morgan fingerprint density at radius 3 is 2.86 bits per heavy atom. The van der Waals surface area contributed by atoms with Gasteiger partial charge in [-0.15, -0.1) is 0 Å². The smallest absolute Gasteiger partial charge is 0.223 e. The van der Waals surface area contributed by atoms with Gasteiger partial charge in [0.2, 0.25) is 5.91 Å². The van der Waals surface area contributed by atoms with Crippen LogP contribution in [0.3, 0.4) is 0 Å². The summed E-state index contributed by atoms with van der Waals surface area (Å²) in [5.74, 6) is 1.72. The number of amides is 1. The van der Waals surface area contributed by atoms with E-state index in [9.17, 15) is 4.79 Å². The van der Waals surface area contributed by atoms with Gasteiger partial charge in [-0.2, -0.15) is 0 Å². The lowest BCUT2D eigenvalue weighted by atomic mass is 10.3. The van der Waals surface area contributed by atoms with Crippen LogP contribution >= 0.6 is 15.9 Å². The number of carbonyl (C=O) groups excluding carboxylic acids is 1. The van der Waals surface area contributed by atoms with Gasteiger partial charge in [0.25, 0.3) is 0 Å². The van der Waals surface area contributed by atoms with E-state index in [0.29, 0.717) is 19.6 Å². The van der Waals surface area contributed by atoms with Crippen molar-refractivity contribution in [1.29, 1.82) is 0 Å². The molecule has 0 bridgehead atoms. The number of nitrogens with one attached hydrogen (secondary N) is 2. The van der Waals surface area contributed by atoms with Crippen molar-refractivity contribution in [3.05, 3.63) is 47.0 Å². The highest BCUT2D eigenvalue weighted by Crippen LogP contribution is 2.16. The second-order valence-corrected chi connectivity index (χ2v) is 5.46. The number of nitrogens with zero attached hydrogens (tertiary/aromatic N) is 1. The van der Waals surface area contributed by atoms with Crippen molar-refractivity contribution in [2.75, 3.05) is 13.2 Å². The van der Waals surface area contributed by atoms with Crippen LogP contribution in [0.5, 0.6) is 5.75 Å². The zero-order chi connectivity index (χ0) is 14.9. The van der Waals surface area contributed by atoms with Crippen LogP contribution in [0.4, 0.5) is 0 Å². The summed E-state index contributed by atoms with van der Waals surface area (Å²) < 4.78 is 6.50. The Bertz CT molecular complexity index is 541. The second-order valence-electron chi connectivity index (χ2n) is 4.54. The molecule has 6 heteroatoms. The van der Waals surface area contributed by atoms with Gasteiger partial charge in [0, 0.05) is 29.8 Å². The van der Waals surface area contributed by atoms with Gasteiger partial charge in [0.15, 0.2) is 0 Å². The summed E-state index contributed by atoms with van der Waals surface area (Å²) in [5.41, 5.74) is 0. The Kier molecular flexibility index (Phi) is 6.27. The quantitative estimate of drug-likeness (QED) is 0.718. The van der Waals surface area contributed by atoms with Crippen LogP contribution in [0.1, 0.15) is 18.7 Å². The Hall–Kier alpha value is -1.82. The van der Waals surface area contributed by atoms with Crippen molar-refractivity contribution >= 4 is 21.8 Å². The third kappa shape index (κ3) is 5.99. The monoisotopic (exact) mass is 351 g/mol. The SMILES string of the molecule is O=C(CCOc1ccc(Br)cc1)NCCCc1ncc[nH]1. The molecule has 1 amide bonds. The van der Waals surface area contributed by atoms with E-state index in [4.69, 9.17) is 4.74 Å². The number of aryl methyl sites for hydroxylation is 1. The highest BCUT2D eigenvalue weighted by Gasteiger charge is 2.02. The van der Waals surface area contributed by atoms with E-state index >= 15 is 0 Å². The number of hydrogen-bond acceptors (Lipinski definition) is 3. The number of carbonyl (C=O) groups is 1. The molecule has 0 radical (unpaired) electrons. The normalized spacial score (nSPS) is 10.3. The van der Waals surface area contributed by atoms with Crippen LogP contribution in [-0.4, -0.2) is 29.0 Å². The van der Waals surface area contributed by atoms with E-state index < -0.39 is 0 Å². The van der Waals surface area contributed by atoms with Crippen molar-refractivity contribution in [2.24, 2.45) is 0 Å². The molecule has 2 aromatic rings. The summed E-state index contributed by atoms with van der Waals surface area (Å²) in [6, 6.07) is 7.55. The molecule has 0 aliphatic heterocycles. The summed E-state index contributed by atoms with van der Waals surface area (Å²) >= 11 is 3.36. The lowest BCUT2D eigenvalue weighted by molar-refractivity contribution is -0.121. The van der Waals surface area contributed by atoms with Crippen molar-refractivity contribution in [3.63, 3.8) is 0 Å². The average molecular weight is 352 g/mol. The first kappa shape index (κ1) is 15.6. The van der Waals surface area contributed by atoms with Crippen LogP contribution < -0.4 is 10.1 Å². The Labute approximate surface area is 132 Å². The lowest BCUT2D eigenvalue weighted by Crippen LogP contribution is -2.26. The number of H-pyrrole nitrogens is 1. The molecule has 21 heavy (non-hydrogen) atoms. The van der Waals surface area contributed by atoms with Gasteiger partial charge in [-0.1, -0.05) is 15.9 Å². The Balaban J connectivity index is 1.54. The number of aromatic nitrogens is 2. The molecule has 1 aromatic carbocycles. The minimum atomic E-state index is 0.00607. The van der Waals surface area contributed by atoms with E-state index in [1.165, 1.54) is 0 Å². The number of imidazole rings is 1. The van der Waals surface area contributed by atoms with E-state index in [0.717, 1.165) is 28.9 Å². The fourth-order valence-corrected chi connectivity index (χ4v) is 2.06. The molecular formula is C15H18BrN3O2. The van der Waals surface area contributed by atoms with Crippen molar-refractivity contribution in [2.45, 2.75) is 19.3 Å². The summed E-state index contributed by atoms with van der Waals surface area (Å²) in [6.45, 7) is 1.03. The fourth-order valence-electron chi connectivity index (χ4n) is 1.80. The topological polar surface area (TPSA) is 67.0 Å². The molecule has 0 atom stereocenters. The number of ether oxygens (including phenoxy) is 1. The maximum absolute atomic E-state index is 11.6. The standard InChI is InChI=1S/C15H18BrN3O2/c16-12-3-5-13(6-4-12)21-11-7-15(20)19-8-1-2-14-17-9-10-18-14/h3-6,9-10H,1-2,7-8,11H2,(H,17,18)(H,19,20). The van der Waals surface area contributed by atoms with Crippen LogP contribution in [0.2, 0.25) is 0 Å². The van der Waals surface area contributed by atoms with E-state index in [1.54, 1.807) is 12.4 Å². The van der Waals surface area contributed by atoms with E-state index in [-0.39, 0.29) is 5.91 Å². The van der Waals surface area contributed by atoms with Crippen LogP contribution in [0.25, 0.3) is 0 Å². The summed E-state index contributed by atoms with van der Waals surface area (Å²) in [5, 5.41) is 2.87. The van der Waals surface area contributed by atoms with Crippen molar-refractivity contribution < 1.29 is 9.53 Å². The summed E-state index contributed by atoms with van der Waals surface area (Å²) in [6.07, 6.45) is 5.59. The molecule has 2 N–H and O–H groups in total. The van der Waals surface area contributed by atoms with Gasteiger partial charge >= 0.3 is 0 Å². The minimum absolute atomic E-state index is 0.00607.